The minimum absolute atomic E-state index is 0.0452. The Bertz CT molecular complexity index is 470. The molecule has 1 aliphatic rings. The second-order valence-corrected chi connectivity index (χ2v) is 5.42. The van der Waals surface area contributed by atoms with Gasteiger partial charge in [-0.3, -0.25) is 15.1 Å². The molecule has 0 aliphatic heterocycles. The van der Waals surface area contributed by atoms with Crippen molar-refractivity contribution < 1.29 is 9.66 Å². The third kappa shape index (κ3) is 3.22. The molecule has 0 bridgehead atoms. The maximum atomic E-state index is 11.0. The molecule has 104 valence electrons. The van der Waals surface area contributed by atoms with Crippen molar-refractivity contribution in [3.05, 3.63) is 27.0 Å². The maximum absolute atomic E-state index is 11.0. The Morgan fingerprint density at radius 2 is 2.21 bits per heavy atom. The largest absolute Gasteiger partial charge is 0.481 e. The first kappa shape index (κ1) is 14.2. The fourth-order valence-corrected chi connectivity index (χ4v) is 2.79. The van der Waals surface area contributed by atoms with Gasteiger partial charge in [-0.1, -0.05) is 6.42 Å². The van der Waals surface area contributed by atoms with Crippen LogP contribution in [0.2, 0.25) is 0 Å². The van der Waals surface area contributed by atoms with Crippen LogP contribution in [-0.2, 0) is 0 Å². The highest BCUT2D eigenvalue weighted by Crippen LogP contribution is 2.36. The van der Waals surface area contributed by atoms with Gasteiger partial charge in [-0.05, 0) is 42.2 Å². The Morgan fingerprint density at radius 3 is 2.89 bits per heavy atom. The second-order valence-electron chi connectivity index (χ2n) is 4.56. The first-order valence-electron chi connectivity index (χ1n) is 6.25. The predicted octanol–water partition coefficient (Wildman–Crippen LogP) is 2.66. The van der Waals surface area contributed by atoms with Crippen molar-refractivity contribution in [1.29, 1.82) is 0 Å². The summed E-state index contributed by atoms with van der Waals surface area (Å²) in [6.45, 7) is 0. The molecule has 1 aromatic heterocycles. The maximum Gasteiger partial charge on any atom is 0.330 e. The lowest BCUT2D eigenvalue weighted by molar-refractivity contribution is -0.386. The SMILES string of the molecule is CNC1CCCCC1Oc1c(Br)cncc1[N+](=O)[O-]. The third-order valence-electron chi connectivity index (χ3n) is 3.37. The van der Waals surface area contributed by atoms with E-state index in [4.69, 9.17) is 4.74 Å². The molecule has 1 aliphatic carbocycles. The molecular formula is C12H16BrN3O3. The van der Waals surface area contributed by atoms with E-state index < -0.39 is 4.92 Å². The molecule has 0 amide bonds. The number of hydrogen-bond donors (Lipinski definition) is 1. The quantitative estimate of drug-likeness (QED) is 0.678. The van der Waals surface area contributed by atoms with E-state index in [0.717, 1.165) is 25.7 Å². The molecule has 2 rings (SSSR count). The zero-order valence-corrected chi connectivity index (χ0v) is 12.2. The second kappa shape index (κ2) is 6.29. The van der Waals surface area contributed by atoms with Gasteiger partial charge < -0.3 is 10.1 Å². The van der Waals surface area contributed by atoms with Crippen molar-refractivity contribution in [3.63, 3.8) is 0 Å². The van der Waals surface area contributed by atoms with E-state index in [0.29, 0.717) is 4.47 Å². The highest BCUT2D eigenvalue weighted by Gasteiger charge is 2.29. The number of likely N-dealkylation sites (N-methyl/N-ethyl adjacent to an activating group) is 1. The lowest BCUT2D eigenvalue weighted by atomic mass is 9.92. The molecule has 0 saturated heterocycles. The molecule has 7 heteroatoms. The minimum atomic E-state index is -0.468. The van der Waals surface area contributed by atoms with E-state index >= 15 is 0 Å². The molecule has 1 heterocycles. The van der Waals surface area contributed by atoms with Crippen LogP contribution in [0.3, 0.4) is 0 Å². The molecule has 2 unspecified atom stereocenters. The number of aromatic nitrogens is 1. The van der Waals surface area contributed by atoms with Gasteiger partial charge in [-0.25, -0.2) is 0 Å². The highest BCUT2D eigenvalue weighted by molar-refractivity contribution is 9.10. The van der Waals surface area contributed by atoms with Gasteiger partial charge in [0, 0.05) is 12.2 Å². The summed E-state index contributed by atoms with van der Waals surface area (Å²) in [5, 5.41) is 14.2. The summed E-state index contributed by atoms with van der Waals surface area (Å²) in [6, 6.07) is 0.230. The minimum Gasteiger partial charge on any atom is -0.481 e. The average Bonchev–Trinajstić information content (AvgIpc) is 2.41. The number of hydrogen-bond acceptors (Lipinski definition) is 5. The fraction of sp³-hybridized carbons (Fsp3) is 0.583. The van der Waals surface area contributed by atoms with Crippen LogP contribution >= 0.6 is 15.9 Å². The van der Waals surface area contributed by atoms with Crippen molar-refractivity contribution in [3.8, 4) is 5.75 Å². The first-order valence-corrected chi connectivity index (χ1v) is 7.04. The van der Waals surface area contributed by atoms with Crippen molar-refractivity contribution >= 4 is 21.6 Å². The Hall–Kier alpha value is -1.21. The van der Waals surface area contributed by atoms with E-state index in [1.165, 1.54) is 12.4 Å². The zero-order chi connectivity index (χ0) is 13.8. The Morgan fingerprint density at radius 1 is 1.47 bits per heavy atom. The van der Waals surface area contributed by atoms with E-state index in [1.54, 1.807) is 0 Å². The molecule has 1 fully saturated rings. The van der Waals surface area contributed by atoms with Gasteiger partial charge in [0.2, 0.25) is 5.75 Å². The average molecular weight is 330 g/mol. The van der Waals surface area contributed by atoms with E-state index in [-0.39, 0.29) is 23.6 Å². The number of ether oxygens (including phenoxy) is 1. The van der Waals surface area contributed by atoms with Crippen LogP contribution in [0.15, 0.2) is 16.9 Å². The Kier molecular flexibility index (Phi) is 4.71. The zero-order valence-electron chi connectivity index (χ0n) is 10.6. The van der Waals surface area contributed by atoms with Crippen LogP contribution in [-0.4, -0.2) is 29.1 Å². The van der Waals surface area contributed by atoms with Gasteiger partial charge >= 0.3 is 5.69 Å². The number of nitrogens with one attached hydrogen (secondary N) is 1. The van der Waals surface area contributed by atoms with Crippen molar-refractivity contribution in [2.75, 3.05) is 7.05 Å². The van der Waals surface area contributed by atoms with Gasteiger partial charge in [0.05, 0.1) is 9.40 Å². The van der Waals surface area contributed by atoms with Gasteiger partial charge in [0.25, 0.3) is 0 Å². The third-order valence-corrected chi connectivity index (χ3v) is 3.94. The van der Waals surface area contributed by atoms with Gasteiger partial charge in [-0.2, -0.15) is 0 Å². The van der Waals surface area contributed by atoms with Gasteiger partial charge in [-0.15, -0.1) is 0 Å². The summed E-state index contributed by atoms with van der Waals surface area (Å²) in [5.74, 6) is 0.271. The van der Waals surface area contributed by atoms with Crippen molar-refractivity contribution in [2.24, 2.45) is 0 Å². The topological polar surface area (TPSA) is 77.3 Å². The molecule has 6 nitrogen and oxygen atoms in total. The molecule has 19 heavy (non-hydrogen) atoms. The van der Waals surface area contributed by atoms with Crippen LogP contribution in [0.1, 0.15) is 25.7 Å². The summed E-state index contributed by atoms with van der Waals surface area (Å²) < 4.78 is 6.41. The molecule has 2 atom stereocenters. The summed E-state index contributed by atoms with van der Waals surface area (Å²) in [5.41, 5.74) is -0.102. The lowest BCUT2D eigenvalue weighted by Gasteiger charge is -2.31. The predicted molar refractivity (Wildman–Crippen MR) is 74.3 cm³/mol. The monoisotopic (exact) mass is 329 g/mol. The number of halogens is 1. The fourth-order valence-electron chi connectivity index (χ4n) is 2.38. The van der Waals surface area contributed by atoms with Gasteiger partial charge in [0.1, 0.15) is 12.3 Å². The van der Waals surface area contributed by atoms with Crippen molar-refractivity contribution in [1.82, 2.24) is 10.3 Å². The normalized spacial score (nSPS) is 23.1. The molecule has 1 aromatic rings. The smallest absolute Gasteiger partial charge is 0.330 e. The van der Waals surface area contributed by atoms with Crippen molar-refractivity contribution in [2.45, 2.75) is 37.8 Å². The molecule has 1 saturated carbocycles. The molecule has 0 radical (unpaired) electrons. The summed E-state index contributed by atoms with van der Waals surface area (Å²) >= 11 is 3.27. The Labute approximate surface area is 119 Å². The highest BCUT2D eigenvalue weighted by atomic mass is 79.9. The van der Waals surface area contributed by atoms with E-state index in [2.05, 4.69) is 26.2 Å². The first-order chi connectivity index (χ1) is 9.13. The number of nitro groups is 1. The van der Waals surface area contributed by atoms with Crippen LogP contribution in [0, 0.1) is 10.1 Å². The molecule has 0 aromatic carbocycles. The van der Waals surface area contributed by atoms with Crippen LogP contribution in [0.25, 0.3) is 0 Å². The number of rotatable bonds is 4. The van der Waals surface area contributed by atoms with E-state index in [9.17, 15) is 10.1 Å². The van der Waals surface area contributed by atoms with Gasteiger partial charge in [0.15, 0.2) is 0 Å². The number of nitrogens with zero attached hydrogens (tertiary/aromatic N) is 2. The van der Waals surface area contributed by atoms with Crippen LogP contribution in [0.4, 0.5) is 5.69 Å². The van der Waals surface area contributed by atoms with Crippen LogP contribution < -0.4 is 10.1 Å². The van der Waals surface area contributed by atoms with Crippen LogP contribution in [0.5, 0.6) is 5.75 Å². The Balaban J connectivity index is 2.24. The standard InChI is InChI=1S/C12H16BrN3O3/c1-14-9-4-2-3-5-11(9)19-12-8(13)6-15-7-10(12)16(17)18/h6-7,9,11,14H,2-5H2,1H3. The molecule has 1 N–H and O–H groups in total. The summed E-state index contributed by atoms with van der Waals surface area (Å²) in [4.78, 5) is 14.4. The van der Waals surface area contributed by atoms with E-state index in [1.807, 2.05) is 7.05 Å². The number of pyridine rings is 1. The molecular weight excluding hydrogens is 314 g/mol. The lowest BCUT2D eigenvalue weighted by Crippen LogP contribution is -2.43. The molecule has 0 spiro atoms. The summed E-state index contributed by atoms with van der Waals surface area (Å²) in [7, 11) is 1.89. The summed E-state index contributed by atoms with van der Waals surface area (Å²) in [6.07, 6.45) is 6.85.